The fourth-order valence-corrected chi connectivity index (χ4v) is 1.12. The largest absolute Gasteiger partial charge is 0.325 e. The van der Waals surface area contributed by atoms with E-state index in [1.54, 1.807) is 19.9 Å². The van der Waals surface area contributed by atoms with Crippen LogP contribution in [0.5, 0.6) is 0 Å². The van der Waals surface area contributed by atoms with Crippen molar-refractivity contribution in [1.82, 2.24) is 0 Å². The first-order chi connectivity index (χ1) is 5.04. The van der Waals surface area contributed by atoms with Crippen LogP contribution >= 0.6 is 8.03 Å². The molecule has 0 spiro atoms. The summed E-state index contributed by atoms with van der Waals surface area (Å²) in [5.41, 5.74) is 0. The van der Waals surface area contributed by atoms with Crippen LogP contribution in [0.4, 0.5) is 0 Å². The molecule has 0 radical (unpaired) electrons. The van der Waals surface area contributed by atoms with Gasteiger partial charge in [-0.1, -0.05) is 12.0 Å². The highest BCUT2D eigenvalue weighted by Gasteiger charge is 2.22. The Morgan fingerprint density at radius 1 is 1.82 bits per heavy atom. The van der Waals surface area contributed by atoms with Gasteiger partial charge >= 0.3 is 0 Å². The number of hydrogen-bond acceptors (Lipinski definition) is 2. The lowest BCUT2D eigenvalue weighted by molar-refractivity contribution is 0.360. The van der Waals surface area contributed by atoms with Crippen molar-refractivity contribution in [2.45, 2.75) is 19.0 Å². The molecule has 0 aliphatic heterocycles. The third kappa shape index (κ3) is 3.41. The number of rotatable bonds is 4. The second-order valence-electron chi connectivity index (χ2n) is 2.66. The average Bonchev–Trinajstić information content (AvgIpc) is 2.00. The summed E-state index contributed by atoms with van der Waals surface area (Å²) in [6, 6.07) is 0. The van der Waals surface area contributed by atoms with Crippen molar-refractivity contribution in [1.29, 1.82) is 0 Å². The average molecular weight is 172 g/mol. The minimum absolute atomic E-state index is 0.295. The van der Waals surface area contributed by atoms with Crippen LogP contribution in [0, 0.1) is 12.3 Å². The minimum atomic E-state index is -2.14. The highest BCUT2D eigenvalue weighted by molar-refractivity contribution is 7.41. The van der Waals surface area contributed by atoms with E-state index in [0.29, 0.717) is 6.61 Å². The summed E-state index contributed by atoms with van der Waals surface area (Å²) in [6.45, 7) is 7.18. The van der Waals surface area contributed by atoms with Gasteiger partial charge in [0, 0.05) is 0 Å². The van der Waals surface area contributed by atoms with Crippen LogP contribution in [0.2, 0.25) is 0 Å². The zero-order valence-corrected chi connectivity index (χ0v) is 7.89. The molecule has 0 saturated heterocycles. The van der Waals surface area contributed by atoms with Gasteiger partial charge in [-0.05, 0) is 13.8 Å². The van der Waals surface area contributed by atoms with Crippen molar-refractivity contribution in [2.75, 3.05) is 6.61 Å². The molecule has 11 heavy (non-hydrogen) atoms. The molecule has 0 fully saturated rings. The van der Waals surface area contributed by atoms with E-state index in [1.807, 2.05) is 0 Å². The van der Waals surface area contributed by atoms with Gasteiger partial charge in [-0.3, -0.25) is 4.57 Å². The predicted molar refractivity (Wildman–Crippen MR) is 48.1 cm³/mol. The van der Waals surface area contributed by atoms with E-state index in [9.17, 15) is 4.57 Å². The van der Waals surface area contributed by atoms with Crippen LogP contribution < -0.4 is 0 Å². The van der Waals surface area contributed by atoms with Crippen molar-refractivity contribution in [2.24, 2.45) is 0 Å². The molecule has 0 aromatic carbocycles. The molecule has 0 rings (SSSR count). The Balaban J connectivity index is 4.05. The summed E-state index contributed by atoms with van der Waals surface area (Å²) in [7, 11) is -2.14. The Morgan fingerprint density at radius 3 is 2.73 bits per heavy atom. The standard InChI is InChI=1S/C8H13O2P/c1-5-7-10-11(9)8(3,4)6-2/h2,5,11H,1,7H2,3-4H3. The molecule has 0 aromatic heterocycles. The molecule has 0 aliphatic carbocycles. The van der Waals surface area contributed by atoms with Crippen molar-refractivity contribution in [3.8, 4) is 12.3 Å². The molecule has 1 unspecified atom stereocenters. The summed E-state index contributed by atoms with van der Waals surface area (Å²) in [6.07, 6.45) is 6.70. The molecule has 0 bridgehead atoms. The first-order valence-electron chi connectivity index (χ1n) is 3.30. The predicted octanol–water partition coefficient (Wildman–Crippen LogP) is 2.08. The van der Waals surface area contributed by atoms with E-state index in [4.69, 9.17) is 10.9 Å². The molecule has 0 heterocycles. The molecule has 62 valence electrons. The first-order valence-corrected chi connectivity index (χ1v) is 4.62. The summed E-state index contributed by atoms with van der Waals surface area (Å²) >= 11 is 0. The lowest BCUT2D eigenvalue weighted by Crippen LogP contribution is -2.11. The Kier molecular flexibility index (Phi) is 4.18. The highest BCUT2D eigenvalue weighted by Crippen LogP contribution is 2.38. The zero-order valence-electron chi connectivity index (χ0n) is 6.89. The number of terminal acetylenes is 1. The fourth-order valence-electron chi connectivity index (χ4n) is 0.374. The molecule has 0 amide bonds. The first kappa shape index (κ1) is 10.5. The normalized spacial score (nSPS) is 13.5. The number of hydrogen-bond donors (Lipinski definition) is 0. The highest BCUT2D eigenvalue weighted by atomic mass is 31.1. The molecule has 0 saturated carbocycles. The van der Waals surface area contributed by atoms with Crippen molar-refractivity contribution < 1.29 is 9.09 Å². The Bertz CT molecular complexity index is 201. The maximum atomic E-state index is 11.2. The molecule has 0 aliphatic rings. The van der Waals surface area contributed by atoms with Crippen molar-refractivity contribution in [3.05, 3.63) is 12.7 Å². The van der Waals surface area contributed by atoms with Crippen LogP contribution in [0.1, 0.15) is 13.8 Å². The molecule has 0 N–H and O–H groups in total. The van der Waals surface area contributed by atoms with E-state index in [0.717, 1.165) is 0 Å². The van der Waals surface area contributed by atoms with Crippen LogP contribution in [-0.4, -0.2) is 11.8 Å². The summed E-state index contributed by atoms with van der Waals surface area (Å²) < 4.78 is 16.2. The summed E-state index contributed by atoms with van der Waals surface area (Å²) in [4.78, 5) is 0. The monoisotopic (exact) mass is 172 g/mol. The molecular weight excluding hydrogens is 159 g/mol. The van der Waals surface area contributed by atoms with E-state index in [2.05, 4.69) is 12.5 Å². The molecule has 3 heteroatoms. The van der Waals surface area contributed by atoms with Gasteiger partial charge in [0.1, 0.15) is 0 Å². The fraction of sp³-hybridized carbons (Fsp3) is 0.500. The summed E-state index contributed by atoms with van der Waals surface area (Å²) in [5, 5.41) is -0.645. The van der Waals surface area contributed by atoms with Crippen LogP contribution in [0.3, 0.4) is 0 Å². The van der Waals surface area contributed by atoms with Gasteiger partial charge < -0.3 is 4.52 Å². The van der Waals surface area contributed by atoms with Crippen LogP contribution in [0.15, 0.2) is 12.7 Å². The Morgan fingerprint density at radius 2 is 2.36 bits per heavy atom. The Hall–Kier alpha value is -0.510. The minimum Gasteiger partial charge on any atom is -0.325 e. The van der Waals surface area contributed by atoms with E-state index >= 15 is 0 Å². The lowest BCUT2D eigenvalue weighted by Gasteiger charge is -2.15. The maximum Gasteiger partial charge on any atom is 0.208 e. The second-order valence-corrected chi connectivity index (χ2v) is 4.77. The maximum absolute atomic E-state index is 11.2. The SMILES string of the molecule is C#CC(C)(C)[PH](=O)OCC=C. The van der Waals surface area contributed by atoms with Gasteiger partial charge in [0.15, 0.2) is 0 Å². The van der Waals surface area contributed by atoms with Crippen LogP contribution in [-0.2, 0) is 9.09 Å². The van der Waals surface area contributed by atoms with Gasteiger partial charge in [0.05, 0.1) is 11.8 Å². The molecular formula is C8H13O2P. The smallest absolute Gasteiger partial charge is 0.208 e. The van der Waals surface area contributed by atoms with Gasteiger partial charge in [0.2, 0.25) is 8.03 Å². The van der Waals surface area contributed by atoms with Gasteiger partial charge in [-0.15, -0.1) is 13.0 Å². The summed E-state index contributed by atoms with van der Waals surface area (Å²) in [5.74, 6) is 2.42. The molecule has 2 nitrogen and oxygen atoms in total. The lowest BCUT2D eigenvalue weighted by atomic mass is 10.2. The second kappa shape index (κ2) is 4.38. The topological polar surface area (TPSA) is 26.3 Å². The van der Waals surface area contributed by atoms with Crippen molar-refractivity contribution >= 4 is 8.03 Å². The quantitative estimate of drug-likeness (QED) is 0.368. The van der Waals surface area contributed by atoms with Crippen LogP contribution in [0.25, 0.3) is 0 Å². The van der Waals surface area contributed by atoms with E-state index < -0.39 is 13.2 Å². The third-order valence-electron chi connectivity index (χ3n) is 1.20. The molecule has 1 atom stereocenters. The third-order valence-corrected chi connectivity index (χ3v) is 2.80. The molecule has 0 aromatic rings. The van der Waals surface area contributed by atoms with Crippen molar-refractivity contribution in [3.63, 3.8) is 0 Å². The van der Waals surface area contributed by atoms with Gasteiger partial charge in [-0.2, -0.15) is 0 Å². The van der Waals surface area contributed by atoms with E-state index in [-0.39, 0.29) is 0 Å². The zero-order chi connectivity index (χ0) is 8.91. The van der Waals surface area contributed by atoms with Gasteiger partial charge in [-0.25, -0.2) is 0 Å². The Labute approximate surface area is 68.5 Å². The van der Waals surface area contributed by atoms with E-state index in [1.165, 1.54) is 0 Å². The van der Waals surface area contributed by atoms with Gasteiger partial charge in [0.25, 0.3) is 0 Å².